The first-order valence-corrected chi connectivity index (χ1v) is 13.3. The van der Waals surface area contributed by atoms with E-state index >= 15 is 0 Å². The van der Waals surface area contributed by atoms with E-state index in [1.165, 1.54) is 44.1 Å². The van der Waals surface area contributed by atoms with Crippen LogP contribution < -0.4 is 16.4 Å². The molecule has 0 bridgehead atoms. The first kappa shape index (κ1) is 24.6. The highest BCUT2D eigenvalue weighted by Gasteiger charge is 2.34. The first-order valence-electron chi connectivity index (χ1n) is 12.9. The van der Waals surface area contributed by atoms with Gasteiger partial charge in [-0.3, -0.25) is 0 Å². The molecule has 2 aromatic heterocycles. The summed E-state index contributed by atoms with van der Waals surface area (Å²) in [5.41, 5.74) is 9.17. The van der Waals surface area contributed by atoms with Gasteiger partial charge in [-0.05, 0) is 75.0 Å². The molecule has 7 nitrogen and oxygen atoms in total. The molecule has 0 spiro atoms. The molecule has 1 unspecified atom stereocenters. The van der Waals surface area contributed by atoms with Gasteiger partial charge in [0.2, 0.25) is 5.95 Å². The van der Waals surface area contributed by atoms with E-state index in [1.807, 2.05) is 18.5 Å². The van der Waals surface area contributed by atoms with Crippen molar-refractivity contribution in [3.8, 4) is 0 Å². The number of hydrogen-bond donors (Lipinski definition) is 3. The lowest BCUT2D eigenvalue weighted by Gasteiger charge is -2.27. The number of anilines is 2. The summed E-state index contributed by atoms with van der Waals surface area (Å²) in [5, 5.41) is 8.17. The Hall–Kier alpha value is -2.09. The van der Waals surface area contributed by atoms with E-state index in [2.05, 4.69) is 27.3 Å². The number of nitrogens with one attached hydrogen (secondary N) is 2. The Labute approximate surface area is 218 Å². The van der Waals surface area contributed by atoms with E-state index in [-0.39, 0.29) is 18.4 Å². The van der Waals surface area contributed by atoms with Crippen molar-refractivity contribution in [1.29, 1.82) is 0 Å². The molecule has 9 heteroatoms. The van der Waals surface area contributed by atoms with E-state index in [0.717, 1.165) is 47.7 Å². The van der Waals surface area contributed by atoms with Gasteiger partial charge in [-0.15, -0.1) is 12.4 Å². The largest absolute Gasteiger partial charge is 0.361 e. The number of rotatable bonds is 7. The van der Waals surface area contributed by atoms with Crippen LogP contribution in [0.5, 0.6) is 0 Å². The highest BCUT2D eigenvalue weighted by Crippen LogP contribution is 2.44. The highest BCUT2D eigenvalue weighted by molar-refractivity contribution is 6.30. The predicted octanol–water partition coefficient (Wildman–Crippen LogP) is 6.26. The van der Waals surface area contributed by atoms with E-state index < -0.39 is 0 Å². The number of halogens is 2. The predicted molar refractivity (Wildman–Crippen MR) is 144 cm³/mol. The maximum Gasteiger partial charge on any atom is 0.227 e. The highest BCUT2D eigenvalue weighted by atomic mass is 35.5. The van der Waals surface area contributed by atoms with Crippen molar-refractivity contribution < 1.29 is 0 Å². The second kappa shape index (κ2) is 10.5. The summed E-state index contributed by atoms with van der Waals surface area (Å²) in [5.74, 6) is 2.11. The van der Waals surface area contributed by atoms with Crippen LogP contribution in [0.4, 0.5) is 11.8 Å². The van der Waals surface area contributed by atoms with Gasteiger partial charge in [-0.1, -0.05) is 36.6 Å². The summed E-state index contributed by atoms with van der Waals surface area (Å²) in [6.45, 7) is 0. The molecule has 0 amide bonds. The molecule has 1 aromatic carbocycles. The third-order valence-corrected chi connectivity index (χ3v) is 8.11. The van der Waals surface area contributed by atoms with Crippen molar-refractivity contribution in [3.05, 3.63) is 41.2 Å². The van der Waals surface area contributed by atoms with Gasteiger partial charge >= 0.3 is 0 Å². The zero-order valence-corrected chi connectivity index (χ0v) is 21.6. The Bertz CT molecular complexity index is 1130. The van der Waals surface area contributed by atoms with E-state index in [4.69, 9.17) is 32.3 Å². The van der Waals surface area contributed by atoms with Gasteiger partial charge in [0.05, 0.1) is 12.4 Å². The Kier molecular flexibility index (Phi) is 7.37. The molecule has 0 radical (unpaired) electrons. The zero-order valence-electron chi connectivity index (χ0n) is 20.0. The molecule has 3 aliphatic carbocycles. The average Bonchev–Trinajstić information content (AvgIpc) is 3.35. The van der Waals surface area contributed by atoms with Gasteiger partial charge in [0.25, 0.3) is 0 Å². The molecule has 2 heterocycles. The van der Waals surface area contributed by atoms with E-state index in [0.29, 0.717) is 30.0 Å². The number of fused-ring (bicyclic) bond motifs is 1. The van der Waals surface area contributed by atoms with Gasteiger partial charge in [0, 0.05) is 23.1 Å². The number of aromatic nitrogens is 4. The standard InChI is InChI=1S/C26H34ClN7.ClH/c27-18-9-7-17(8-10-18)22(16-5-6-16)31-24-23-25(34(15-29-23)21-3-1-2-4-21)33-26(32-24)30-20-13-11-19(28)12-14-20;/h7-10,15-16,19-22H,1-6,11-14,28H2,(H2,30,31,32,33);1H. The Morgan fingerprint density at radius 3 is 2.34 bits per heavy atom. The van der Waals surface area contributed by atoms with Crippen LogP contribution in [0.3, 0.4) is 0 Å². The van der Waals surface area contributed by atoms with Crippen LogP contribution in [0.25, 0.3) is 11.2 Å². The molecule has 188 valence electrons. The first-order chi connectivity index (χ1) is 16.6. The molecule has 35 heavy (non-hydrogen) atoms. The van der Waals surface area contributed by atoms with Crippen LogP contribution in [0, 0.1) is 5.92 Å². The summed E-state index contributed by atoms with van der Waals surface area (Å²) < 4.78 is 2.28. The van der Waals surface area contributed by atoms with Crippen molar-refractivity contribution in [2.75, 3.05) is 10.6 Å². The fourth-order valence-corrected chi connectivity index (χ4v) is 5.82. The molecule has 0 saturated heterocycles. The average molecular weight is 517 g/mol. The van der Waals surface area contributed by atoms with Crippen LogP contribution in [0.1, 0.15) is 81.9 Å². The number of benzene rings is 1. The molecule has 6 rings (SSSR count). The molecular formula is C26H35Cl2N7. The molecule has 3 aromatic rings. The SMILES string of the molecule is Cl.NC1CCC(Nc2nc(NC(c3ccc(Cl)cc3)C3CC3)c3ncn(C4CCCC4)c3n2)CC1. The monoisotopic (exact) mass is 515 g/mol. The van der Waals surface area contributed by atoms with Crippen LogP contribution in [-0.2, 0) is 0 Å². The molecule has 3 aliphatic rings. The maximum absolute atomic E-state index is 6.17. The fraction of sp³-hybridized carbons (Fsp3) is 0.577. The van der Waals surface area contributed by atoms with Crippen molar-refractivity contribution in [2.24, 2.45) is 11.7 Å². The lowest BCUT2D eigenvalue weighted by atomic mass is 9.92. The van der Waals surface area contributed by atoms with Crippen LogP contribution in [-0.4, -0.2) is 31.6 Å². The smallest absolute Gasteiger partial charge is 0.227 e. The van der Waals surface area contributed by atoms with Crippen molar-refractivity contribution >= 4 is 46.9 Å². The molecular weight excluding hydrogens is 481 g/mol. The second-order valence-corrected chi connectivity index (χ2v) is 10.9. The summed E-state index contributed by atoms with van der Waals surface area (Å²) in [4.78, 5) is 14.8. The van der Waals surface area contributed by atoms with Crippen molar-refractivity contribution in [2.45, 2.75) is 88.4 Å². The van der Waals surface area contributed by atoms with Crippen molar-refractivity contribution in [1.82, 2.24) is 19.5 Å². The lowest BCUT2D eigenvalue weighted by molar-refractivity contribution is 0.410. The third kappa shape index (κ3) is 5.37. The number of hydrogen-bond acceptors (Lipinski definition) is 6. The molecule has 0 aliphatic heterocycles. The minimum Gasteiger partial charge on any atom is -0.361 e. The Morgan fingerprint density at radius 1 is 0.943 bits per heavy atom. The van der Waals surface area contributed by atoms with Gasteiger partial charge < -0.3 is 20.9 Å². The summed E-state index contributed by atoms with van der Waals surface area (Å²) >= 11 is 6.17. The lowest BCUT2D eigenvalue weighted by Crippen LogP contribution is -2.33. The van der Waals surface area contributed by atoms with E-state index in [9.17, 15) is 0 Å². The Balaban J connectivity index is 0.00000253. The normalized spacial score (nSPS) is 23.7. The second-order valence-electron chi connectivity index (χ2n) is 10.4. The minimum absolute atomic E-state index is 0. The fourth-order valence-electron chi connectivity index (χ4n) is 5.70. The molecule has 3 fully saturated rings. The molecule has 4 N–H and O–H groups in total. The van der Waals surface area contributed by atoms with Gasteiger partial charge in [0.15, 0.2) is 17.0 Å². The quantitative estimate of drug-likeness (QED) is 0.343. The minimum atomic E-state index is 0. The third-order valence-electron chi connectivity index (χ3n) is 7.86. The number of nitrogens with zero attached hydrogens (tertiary/aromatic N) is 4. The summed E-state index contributed by atoms with van der Waals surface area (Å²) in [6.07, 6.45) is 13.5. The van der Waals surface area contributed by atoms with E-state index in [1.54, 1.807) is 0 Å². The van der Waals surface area contributed by atoms with Gasteiger partial charge in [-0.25, -0.2) is 4.98 Å². The van der Waals surface area contributed by atoms with Crippen LogP contribution in [0.2, 0.25) is 5.02 Å². The maximum atomic E-state index is 6.17. The van der Waals surface area contributed by atoms with Gasteiger partial charge in [-0.2, -0.15) is 9.97 Å². The zero-order chi connectivity index (χ0) is 23.1. The summed E-state index contributed by atoms with van der Waals surface area (Å²) in [7, 11) is 0. The van der Waals surface area contributed by atoms with Crippen molar-refractivity contribution in [3.63, 3.8) is 0 Å². The van der Waals surface area contributed by atoms with Gasteiger partial charge in [0.1, 0.15) is 0 Å². The number of nitrogens with two attached hydrogens (primary N) is 1. The number of imidazole rings is 1. The van der Waals surface area contributed by atoms with Crippen LogP contribution in [0.15, 0.2) is 30.6 Å². The molecule has 3 saturated carbocycles. The topological polar surface area (TPSA) is 93.7 Å². The summed E-state index contributed by atoms with van der Waals surface area (Å²) in [6, 6.07) is 9.54. The van der Waals surface area contributed by atoms with Crippen LogP contribution >= 0.6 is 24.0 Å². The molecule has 1 atom stereocenters. The Morgan fingerprint density at radius 2 is 1.66 bits per heavy atom.